The summed E-state index contributed by atoms with van der Waals surface area (Å²) in [5.74, 6) is -0.00592. The molecule has 0 aliphatic rings. The van der Waals surface area contributed by atoms with Gasteiger partial charge in [-0.1, -0.05) is 43.5 Å². The van der Waals surface area contributed by atoms with Gasteiger partial charge < -0.3 is 23.8 Å². The first-order valence-corrected chi connectivity index (χ1v) is 12.9. The van der Waals surface area contributed by atoms with Crippen LogP contribution in [0, 0.1) is 13.8 Å². The molecule has 0 heterocycles. The lowest BCUT2D eigenvalue weighted by Gasteiger charge is -2.26. The second kappa shape index (κ2) is 13.7. The van der Waals surface area contributed by atoms with Crippen LogP contribution in [-0.4, -0.2) is 25.5 Å². The summed E-state index contributed by atoms with van der Waals surface area (Å²) in [6.07, 6.45) is 2.17. The van der Waals surface area contributed by atoms with Crippen LogP contribution in [0.4, 0.5) is 17.1 Å². The molecule has 41 heavy (non-hydrogen) atoms. The molecule has 4 rings (SSSR count). The Balaban J connectivity index is 1.59. The molecule has 0 N–H and O–H groups in total. The summed E-state index contributed by atoms with van der Waals surface area (Å²) in [6.45, 7) is 10.5. The van der Waals surface area contributed by atoms with Crippen molar-refractivity contribution < 1.29 is 28.5 Å². The summed E-state index contributed by atoms with van der Waals surface area (Å²) in [7, 11) is 0. The van der Waals surface area contributed by atoms with Gasteiger partial charge >= 0.3 is 11.9 Å². The highest BCUT2D eigenvalue weighted by Crippen LogP contribution is 2.37. The molecule has 7 heteroatoms. The SMILES string of the molecule is C=CC(=O)OCOc1ccc(N(c2ccc(OCOC(=O)C=C)cc2)c2ccc(-c3ccc(C)c(C)c3)cc2)cc1. The van der Waals surface area contributed by atoms with Gasteiger partial charge in [0.2, 0.25) is 13.6 Å². The van der Waals surface area contributed by atoms with Gasteiger partial charge in [0.1, 0.15) is 11.5 Å². The van der Waals surface area contributed by atoms with E-state index >= 15 is 0 Å². The van der Waals surface area contributed by atoms with Gasteiger partial charge in [0, 0.05) is 29.2 Å². The monoisotopic (exact) mass is 549 g/mol. The van der Waals surface area contributed by atoms with Crippen LogP contribution in [0.5, 0.6) is 11.5 Å². The normalized spacial score (nSPS) is 10.3. The lowest BCUT2D eigenvalue weighted by molar-refractivity contribution is -0.145. The van der Waals surface area contributed by atoms with Gasteiger partial charge in [0.05, 0.1) is 0 Å². The van der Waals surface area contributed by atoms with Gasteiger partial charge in [-0.25, -0.2) is 9.59 Å². The molecule has 4 aromatic carbocycles. The number of aryl methyl sites for hydroxylation is 2. The molecule has 0 radical (unpaired) electrons. The molecule has 0 saturated heterocycles. The molecular formula is C34H31NO6. The molecule has 0 aromatic heterocycles. The van der Waals surface area contributed by atoms with Gasteiger partial charge in [0.25, 0.3) is 0 Å². The van der Waals surface area contributed by atoms with Gasteiger partial charge in [-0.3, -0.25) is 0 Å². The van der Waals surface area contributed by atoms with Crippen LogP contribution >= 0.6 is 0 Å². The Hall–Kier alpha value is -5.30. The summed E-state index contributed by atoms with van der Waals surface area (Å²) in [5, 5.41) is 0. The number of hydrogen-bond donors (Lipinski definition) is 0. The van der Waals surface area contributed by atoms with E-state index in [1.807, 2.05) is 24.3 Å². The standard InChI is InChI=1S/C34H31NO6/c1-5-33(36)40-22-38-31-17-13-29(14-18-31)35(30-15-19-32(20-16-30)39-23-41-34(37)6-2)28-11-9-26(10-12-28)27-8-7-24(3)25(4)21-27/h5-21H,1-2,22-23H2,3-4H3. The maximum absolute atomic E-state index is 11.3. The summed E-state index contributed by atoms with van der Waals surface area (Å²) >= 11 is 0. The topological polar surface area (TPSA) is 74.3 Å². The van der Waals surface area contributed by atoms with Crippen LogP contribution < -0.4 is 14.4 Å². The molecule has 0 fully saturated rings. The third-order valence-electron chi connectivity index (χ3n) is 6.34. The van der Waals surface area contributed by atoms with Crippen LogP contribution in [0.1, 0.15) is 11.1 Å². The van der Waals surface area contributed by atoms with E-state index in [9.17, 15) is 9.59 Å². The van der Waals surface area contributed by atoms with Gasteiger partial charge in [-0.05, 0) is 96.8 Å². The third-order valence-corrected chi connectivity index (χ3v) is 6.34. The smallest absolute Gasteiger partial charge is 0.333 e. The number of rotatable bonds is 12. The third kappa shape index (κ3) is 7.64. The fourth-order valence-corrected chi connectivity index (χ4v) is 3.98. The minimum atomic E-state index is -0.552. The van der Waals surface area contributed by atoms with Crippen molar-refractivity contribution in [3.63, 3.8) is 0 Å². The highest BCUT2D eigenvalue weighted by molar-refractivity contribution is 5.81. The second-order valence-electron chi connectivity index (χ2n) is 9.03. The Bertz CT molecular complexity index is 1440. The maximum atomic E-state index is 11.3. The second-order valence-corrected chi connectivity index (χ2v) is 9.03. The van der Waals surface area contributed by atoms with E-state index in [0.29, 0.717) is 11.5 Å². The van der Waals surface area contributed by atoms with Crippen molar-refractivity contribution in [2.24, 2.45) is 0 Å². The van der Waals surface area contributed by atoms with Crippen LogP contribution in [0.15, 0.2) is 116 Å². The minimum Gasteiger partial charge on any atom is -0.457 e. The molecule has 0 unspecified atom stereocenters. The molecule has 4 aromatic rings. The van der Waals surface area contributed by atoms with Gasteiger partial charge in [-0.2, -0.15) is 0 Å². The Morgan fingerprint density at radius 1 is 0.610 bits per heavy atom. The van der Waals surface area contributed by atoms with E-state index in [4.69, 9.17) is 18.9 Å². The maximum Gasteiger partial charge on any atom is 0.333 e. The summed E-state index contributed by atoms with van der Waals surface area (Å²) in [6, 6.07) is 29.7. The van der Waals surface area contributed by atoms with Crippen molar-refractivity contribution in [1.29, 1.82) is 0 Å². The fraction of sp³-hybridized carbons (Fsp3) is 0.118. The van der Waals surface area contributed by atoms with E-state index < -0.39 is 11.9 Å². The number of nitrogens with zero attached hydrogens (tertiary/aromatic N) is 1. The van der Waals surface area contributed by atoms with Crippen LogP contribution in [0.2, 0.25) is 0 Å². The quantitative estimate of drug-likeness (QED) is 0.102. The van der Waals surface area contributed by atoms with Crippen LogP contribution in [0.25, 0.3) is 11.1 Å². The van der Waals surface area contributed by atoms with Crippen molar-refractivity contribution in [2.75, 3.05) is 18.5 Å². The molecule has 0 spiro atoms. The van der Waals surface area contributed by atoms with Crippen molar-refractivity contribution in [1.82, 2.24) is 0 Å². The van der Waals surface area contributed by atoms with Crippen molar-refractivity contribution in [2.45, 2.75) is 13.8 Å². The van der Waals surface area contributed by atoms with E-state index in [1.54, 1.807) is 24.3 Å². The van der Waals surface area contributed by atoms with Crippen LogP contribution in [-0.2, 0) is 19.1 Å². The largest absolute Gasteiger partial charge is 0.457 e. The van der Waals surface area contributed by atoms with E-state index in [1.165, 1.54) is 11.1 Å². The zero-order valence-electron chi connectivity index (χ0n) is 23.0. The number of anilines is 3. The number of carbonyl (C=O) groups is 2. The molecule has 7 nitrogen and oxygen atoms in total. The molecule has 0 aliphatic heterocycles. The predicted molar refractivity (Wildman–Crippen MR) is 160 cm³/mol. The molecule has 0 bridgehead atoms. The summed E-state index contributed by atoms with van der Waals surface area (Å²) in [5.41, 5.74) is 7.49. The van der Waals surface area contributed by atoms with Gasteiger partial charge in [-0.15, -0.1) is 0 Å². The summed E-state index contributed by atoms with van der Waals surface area (Å²) in [4.78, 5) is 24.6. The average Bonchev–Trinajstić information content (AvgIpc) is 3.00. The Kier molecular flexibility index (Phi) is 9.57. The van der Waals surface area contributed by atoms with Crippen molar-refractivity contribution in [3.05, 3.63) is 127 Å². The molecule has 0 aliphatic carbocycles. The number of esters is 2. The zero-order valence-corrected chi connectivity index (χ0v) is 23.0. The minimum absolute atomic E-state index is 0.211. The van der Waals surface area contributed by atoms with E-state index in [0.717, 1.165) is 40.3 Å². The van der Waals surface area contributed by atoms with Gasteiger partial charge in [0.15, 0.2) is 0 Å². The molecule has 0 amide bonds. The number of ether oxygens (including phenoxy) is 4. The molecule has 0 saturated carbocycles. The Morgan fingerprint density at radius 2 is 1.02 bits per heavy atom. The average molecular weight is 550 g/mol. The zero-order chi connectivity index (χ0) is 29.2. The molecular weight excluding hydrogens is 518 g/mol. The Morgan fingerprint density at radius 3 is 1.44 bits per heavy atom. The van der Waals surface area contributed by atoms with Crippen molar-refractivity contribution >= 4 is 29.0 Å². The lowest BCUT2D eigenvalue weighted by Crippen LogP contribution is -2.11. The highest BCUT2D eigenvalue weighted by atomic mass is 16.7. The predicted octanol–water partition coefficient (Wildman–Crippen LogP) is 7.57. The first-order valence-electron chi connectivity index (χ1n) is 12.9. The summed E-state index contributed by atoms with van der Waals surface area (Å²) < 4.78 is 20.8. The highest BCUT2D eigenvalue weighted by Gasteiger charge is 2.14. The van der Waals surface area contributed by atoms with E-state index in [2.05, 4.69) is 74.4 Å². The molecule has 208 valence electrons. The molecule has 0 atom stereocenters. The van der Waals surface area contributed by atoms with Crippen LogP contribution in [0.3, 0.4) is 0 Å². The first-order chi connectivity index (χ1) is 19.9. The first kappa shape index (κ1) is 28.7. The lowest BCUT2D eigenvalue weighted by atomic mass is 10.00. The van der Waals surface area contributed by atoms with Crippen molar-refractivity contribution in [3.8, 4) is 22.6 Å². The van der Waals surface area contributed by atoms with E-state index in [-0.39, 0.29) is 13.6 Å². The Labute approximate surface area is 239 Å². The number of hydrogen-bond acceptors (Lipinski definition) is 7. The number of carbonyl (C=O) groups excluding carboxylic acids is 2. The number of benzene rings is 4. The fourth-order valence-electron chi connectivity index (χ4n) is 3.98.